The number of hydrogen-bond donors (Lipinski definition) is 0. The van der Waals surface area contributed by atoms with Crippen LogP contribution in [0.5, 0.6) is 0 Å². The second-order valence-electron chi connectivity index (χ2n) is 6.27. The van der Waals surface area contributed by atoms with Crippen molar-refractivity contribution in [2.45, 2.75) is 6.92 Å². The third kappa shape index (κ3) is 4.36. The number of carbonyl (C=O) groups excluding carboxylic acids is 2. The van der Waals surface area contributed by atoms with E-state index in [0.717, 1.165) is 11.4 Å². The maximum atomic E-state index is 12.7. The fraction of sp³-hybridized carbons (Fsp3) is 0.350. The van der Waals surface area contributed by atoms with Gasteiger partial charge in [0.15, 0.2) is 0 Å². The van der Waals surface area contributed by atoms with Crippen LogP contribution in [0.25, 0.3) is 0 Å². The lowest BCUT2D eigenvalue weighted by atomic mass is 10.2. The fourth-order valence-corrected chi connectivity index (χ4v) is 2.98. The van der Waals surface area contributed by atoms with Gasteiger partial charge in [0, 0.05) is 38.9 Å². The maximum Gasteiger partial charge on any atom is 0.409 e. The van der Waals surface area contributed by atoms with E-state index < -0.39 is 0 Å². The van der Waals surface area contributed by atoms with Gasteiger partial charge in [0.25, 0.3) is 5.91 Å². The Morgan fingerprint density at radius 1 is 1.00 bits per heavy atom. The second kappa shape index (κ2) is 8.53. The molecule has 1 aromatic heterocycles. The highest BCUT2D eigenvalue weighted by Gasteiger charge is 2.26. The van der Waals surface area contributed by atoms with Crippen LogP contribution in [0.3, 0.4) is 0 Å². The van der Waals surface area contributed by atoms with Gasteiger partial charge in [-0.15, -0.1) is 0 Å². The lowest BCUT2D eigenvalue weighted by Crippen LogP contribution is -2.50. The minimum absolute atomic E-state index is 0.118. The van der Waals surface area contributed by atoms with Crippen molar-refractivity contribution >= 4 is 23.4 Å². The molecule has 0 aliphatic carbocycles. The molecule has 0 radical (unpaired) electrons. The smallest absolute Gasteiger partial charge is 0.409 e. The van der Waals surface area contributed by atoms with Crippen LogP contribution >= 0.6 is 0 Å². The molecule has 27 heavy (non-hydrogen) atoms. The summed E-state index contributed by atoms with van der Waals surface area (Å²) >= 11 is 0. The summed E-state index contributed by atoms with van der Waals surface area (Å²) in [6.45, 7) is 4.03. The number of aromatic nitrogens is 1. The summed E-state index contributed by atoms with van der Waals surface area (Å²) in [5.41, 5.74) is 2.36. The van der Waals surface area contributed by atoms with Crippen molar-refractivity contribution in [2.24, 2.45) is 0 Å². The largest absolute Gasteiger partial charge is 0.450 e. The van der Waals surface area contributed by atoms with Gasteiger partial charge in [0.2, 0.25) is 0 Å². The molecule has 7 heteroatoms. The molecule has 1 aliphatic rings. The molecule has 7 nitrogen and oxygen atoms in total. The van der Waals surface area contributed by atoms with Crippen LogP contribution in [0, 0.1) is 0 Å². The molecule has 142 valence electrons. The second-order valence-corrected chi connectivity index (χ2v) is 6.27. The monoisotopic (exact) mass is 368 g/mol. The first-order valence-corrected chi connectivity index (χ1v) is 9.06. The number of ether oxygens (including phenoxy) is 1. The van der Waals surface area contributed by atoms with Crippen LogP contribution in [-0.4, -0.2) is 66.6 Å². The Labute approximate surface area is 159 Å². The van der Waals surface area contributed by atoms with Gasteiger partial charge in [-0.3, -0.25) is 4.79 Å². The first kappa shape index (κ1) is 18.7. The quantitative estimate of drug-likeness (QED) is 0.830. The molecule has 0 N–H and O–H groups in total. The zero-order chi connectivity index (χ0) is 19.2. The van der Waals surface area contributed by atoms with Crippen LogP contribution in [0.2, 0.25) is 0 Å². The first-order chi connectivity index (χ1) is 13.1. The van der Waals surface area contributed by atoms with Crippen molar-refractivity contribution in [3.63, 3.8) is 0 Å². The molecule has 1 saturated heterocycles. The van der Waals surface area contributed by atoms with Gasteiger partial charge in [0.1, 0.15) is 5.69 Å². The van der Waals surface area contributed by atoms with Gasteiger partial charge in [-0.05, 0) is 31.2 Å². The molecule has 0 atom stereocenters. The first-order valence-electron chi connectivity index (χ1n) is 9.06. The number of nitrogens with zero attached hydrogens (tertiary/aromatic N) is 4. The van der Waals surface area contributed by atoms with Crippen molar-refractivity contribution in [2.75, 3.05) is 44.7 Å². The van der Waals surface area contributed by atoms with E-state index in [1.54, 1.807) is 29.0 Å². The maximum absolute atomic E-state index is 12.7. The molecule has 2 aromatic rings. The molecule has 1 aliphatic heterocycles. The van der Waals surface area contributed by atoms with Gasteiger partial charge in [-0.2, -0.15) is 0 Å². The summed E-state index contributed by atoms with van der Waals surface area (Å²) in [6.07, 6.45) is 1.38. The van der Waals surface area contributed by atoms with E-state index in [-0.39, 0.29) is 12.0 Å². The van der Waals surface area contributed by atoms with E-state index in [0.29, 0.717) is 38.5 Å². The highest BCUT2D eigenvalue weighted by Crippen LogP contribution is 2.22. The zero-order valence-electron chi connectivity index (χ0n) is 15.7. The van der Waals surface area contributed by atoms with Crippen molar-refractivity contribution in [3.05, 3.63) is 54.4 Å². The molecule has 1 aromatic carbocycles. The van der Waals surface area contributed by atoms with Crippen LogP contribution in [-0.2, 0) is 4.74 Å². The lowest BCUT2D eigenvalue weighted by molar-refractivity contribution is 0.0566. The topological polar surface area (TPSA) is 66.0 Å². The van der Waals surface area contributed by atoms with Gasteiger partial charge in [0.05, 0.1) is 18.5 Å². The standard InChI is InChI=1S/C20H24N4O3/c1-3-27-20(26)24-13-11-23(12-14-24)19(25)18-10-9-17(15-21-18)22(2)16-7-5-4-6-8-16/h4-10,15H,3,11-14H2,1-2H3. The predicted molar refractivity (Wildman–Crippen MR) is 103 cm³/mol. The van der Waals surface area contributed by atoms with E-state index >= 15 is 0 Å². The summed E-state index contributed by atoms with van der Waals surface area (Å²) in [4.78, 5) is 34.1. The predicted octanol–water partition coefficient (Wildman–Crippen LogP) is 2.76. The molecular weight excluding hydrogens is 344 g/mol. The highest BCUT2D eigenvalue weighted by molar-refractivity contribution is 5.92. The average Bonchev–Trinajstić information content (AvgIpc) is 2.74. The summed E-state index contributed by atoms with van der Waals surface area (Å²) in [7, 11) is 1.96. The van der Waals surface area contributed by atoms with Gasteiger partial charge in [-0.1, -0.05) is 18.2 Å². The molecule has 2 amide bonds. The van der Waals surface area contributed by atoms with E-state index in [1.165, 1.54) is 0 Å². The molecule has 0 unspecified atom stereocenters. The van der Waals surface area contributed by atoms with E-state index in [4.69, 9.17) is 4.74 Å². The molecule has 0 saturated carbocycles. The van der Waals surface area contributed by atoms with E-state index in [2.05, 4.69) is 4.98 Å². The Hall–Kier alpha value is -3.09. The van der Waals surface area contributed by atoms with Crippen LogP contribution in [0.15, 0.2) is 48.7 Å². The number of carbonyl (C=O) groups is 2. The minimum Gasteiger partial charge on any atom is -0.450 e. The lowest BCUT2D eigenvalue weighted by Gasteiger charge is -2.33. The summed E-state index contributed by atoms with van der Waals surface area (Å²) in [6, 6.07) is 13.6. The van der Waals surface area contributed by atoms with Crippen molar-refractivity contribution < 1.29 is 14.3 Å². The van der Waals surface area contributed by atoms with Crippen molar-refractivity contribution in [1.29, 1.82) is 0 Å². The number of piperazine rings is 1. The number of rotatable bonds is 4. The molecule has 0 spiro atoms. The molecule has 1 fully saturated rings. The number of anilines is 2. The zero-order valence-corrected chi connectivity index (χ0v) is 15.7. The van der Waals surface area contributed by atoms with Gasteiger partial charge in [-0.25, -0.2) is 9.78 Å². The minimum atomic E-state index is -0.323. The summed E-state index contributed by atoms with van der Waals surface area (Å²) < 4.78 is 5.00. The summed E-state index contributed by atoms with van der Waals surface area (Å²) in [5, 5.41) is 0. The molecule has 0 bridgehead atoms. The van der Waals surface area contributed by atoms with Crippen LogP contribution in [0.4, 0.5) is 16.2 Å². The van der Waals surface area contributed by atoms with E-state index in [1.807, 2.05) is 48.3 Å². The Morgan fingerprint density at radius 3 is 2.26 bits per heavy atom. The van der Waals surface area contributed by atoms with Gasteiger partial charge >= 0.3 is 6.09 Å². The number of benzene rings is 1. The Bertz CT molecular complexity index is 772. The van der Waals surface area contributed by atoms with E-state index in [9.17, 15) is 9.59 Å². The Morgan fingerprint density at radius 2 is 1.67 bits per heavy atom. The third-order valence-electron chi connectivity index (χ3n) is 4.59. The molecule has 2 heterocycles. The Kier molecular flexibility index (Phi) is 5.90. The summed E-state index contributed by atoms with van der Waals surface area (Å²) in [5.74, 6) is -0.118. The van der Waals surface area contributed by atoms with Crippen molar-refractivity contribution in [1.82, 2.24) is 14.8 Å². The Balaban J connectivity index is 1.61. The van der Waals surface area contributed by atoms with Gasteiger partial charge < -0.3 is 19.4 Å². The molecular formula is C20H24N4O3. The molecule has 3 rings (SSSR count). The third-order valence-corrected chi connectivity index (χ3v) is 4.59. The number of hydrogen-bond acceptors (Lipinski definition) is 5. The van der Waals surface area contributed by atoms with Crippen LogP contribution < -0.4 is 4.90 Å². The SMILES string of the molecule is CCOC(=O)N1CCN(C(=O)c2ccc(N(C)c3ccccc3)cn2)CC1. The normalized spacial score (nSPS) is 14.0. The van der Waals surface area contributed by atoms with Crippen LogP contribution in [0.1, 0.15) is 17.4 Å². The fourth-order valence-electron chi connectivity index (χ4n) is 2.98. The average molecular weight is 368 g/mol. The van der Waals surface area contributed by atoms with Crippen molar-refractivity contribution in [3.8, 4) is 0 Å². The highest BCUT2D eigenvalue weighted by atomic mass is 16.6. The number of para-hydroxylation sites is 1. The number of amides is 2. The number of pyridine rings is 1.